The number of rotatable bonds is 5. The molecule has 2 heterocycles. The third kappa shape index (κ3) is 3.73. The fraction of sp³-hybridized carbons (Fsp3) is 0.250. The van der Waals surface area contributed by atoms with Crippen LogP contribution in [-0.4, -0.2) is 26.4 Å². The second-order valence-electron chi connectivity index (χ2n) is 7.74. The fourth-order valence-electron chi connectivity index (χ4n) is 3.83. The average Bonchev–Trinajstić information content (AvgIpc) is 3.23. The molecule has 0 bridgehead atoms. The van der Waals surface area contributed by atoms with Crippen molar-refractivity contribution >= 4 is 28.6 Å². The van der Waals surface area contributed by atoms with Gasteiger partial charge in [0.05, 0.1) is 0 Å². The first-order valence-corrected chi connectivity index (χ1v) is 10.3. The zero-order valence-electron chi connectivity index (χ0n) is 17.5. The maximum absolute atomic E-state index is 13.3. The number of benzene rings is 2. The van der Waals surface area contributed by atoms with Crippen molar-refractivity contribution in [2.24, 2.45) is 0 Å². The minimum absolute atomic E-state index is 0.0360. The Morgan fingerprint density at radius 3 is 2.57 bits per heavy atom. The van der Waals surface area contributed by atoms with Gasteiger partial charge in [0, 0.05) is 35.2 Å². The topological polar surface area (TPSA) is 51.3 Å². The lowest BCUT2D eigenvalue weighted by Gasteiger charge is -2.27. The van der Waals surface area contributed by atoms with E-state index in [0.717, 1.165) is 22.6 Å². The number of carbonyl (C=O) groups excluding carboxylic acids is 1. The molecule has 0 atom stereocenters. The van der Waals surface area contributed by atoms with Gasteiger partial charge in [0.25, 0.3) is 11.3 Å². The number of para-hydroxylation sites is 1. The highest BCUT2D eigenvalue weighted by molar-refractivity contribution is 6.28. The Hall–Kier alpha value is -3.05. The first-order valence-electron chi connectivity index (χ1n) is 9.95. The van der Waals surface area contributed by atoms with E-state index in [4.69, 9.17) is 16.0 Å². The van der Waals surface area contributed by atoms with Gasteiger partial charge >= 0.3 is 0 Å². The van der Waals surface area contributed by atoms with Gasteiger partial charge in [0.1, 0.15) is 5.52 Å². The standard InChI is InChI=1S/C24H24ClN3O2/c1-15(2)27(23(29)18-10-11-22-21(13-18)26-24(25)30-22)14-19-12-16(3)28(17(19)4)20-8-6-5-7-9-20/h5-13,15H,14H2,1-4H3. The van der Waals surface area contributed by atoms with E-state index in [1.54, 1.807) is 18.2 Å². The van der Waals surface area contributed by atoms with Gasteiger partial charge in [-0.05, 0) is 81.3 Å². The monoisotopic (exact) mass is 421 g/mol. The molecule has 5 nitrogen and oxygen atoms in total. The highest BCUT2D eigenvalue weighted by Crippen LogP contribution is 2.25. The van der Waals surface area contributed by atoms with Crippen molar-refractivity contribution in [2.75, 3.05) is 0 Å². The Labute approximate surface area is 180 Å². The van der Waals surface area contributed by atoms with E-state index in [2.05, 4.69) is 41.6 Å². The number of aromatic nitrogens is 2. The van der Waals surface area contributed by atoms with Crippen LogP contribution in [0, 0.1) is 13.8 Å². The van der Waals surface area contributed by atoms with E-state index in [0.29, 0.717) is 23.2 Å². The quantitative estimate of drug-likeness (QED) is 0.400. The van der Waals surface area contributed by atoms with E-state index in [1.165, 1.54) is 0 Å². The van der Waals surface area contributed by atoms with E-state index < -0.39 is 0 Å². The van der Waals surface area contributed by atoms with Crippen LogP contribution in [-0.2, 0) is 6.54 Å². The average molecular weight is 422 g/mol. The Kier molecular flexibility index (Phi) is 5.39. The van der Waals surface area contributed by atoms with Crippen LogP contribution in [0.1, 0.15) is 41.2 Å². The lowest BCUT2D eigenvalue weighted by atomic mass is 10.1. The van der Waals surface area contributed by atoms with Gasteiger partial charge in [-0.3, -0.25) is 4.79 Å². The molecule has 0 fully saturated rings. The molecule has 0 saturated heterocycles. The molecule has 154 valence electrons. The second-order valence-corrected chi connectivity index (χ2v) is 8.07. The third-order valence-electron chi connectivity index (χ3n) is 5.38. The molecule has 1 amide bonds. The molecule has 4 rings (SSSR count). The fourth-order valence-corrected chi connectivity index (χ4v) is 4.01. The molecule has 0 radical (unpaired) electrons. The van der Waals surface area contributed by atoms with Gasteiger partial charge < -0.3 is 13.9 Å². The summed E-state index contributed by atoms with van der Waals surface area (Å²) in [5, 5.41) is 0.0728. The summed E-state index contributed by atoms with van der Waals surface area (Å²) in [6.07, 6.45) is 0. The van der Waals surface area contributed by atoms with Crippen LogP contribution in [0.4, 0.5) is 0 Å². The molecule has 0 aliphatic rings. The normalized spacial score (nSPS) is 11.4. The molecule has 0 unspecified atom stereocenters. The summed E-state index contributed by atoms with van der Waals surface area (Å²) in [4.78, 5) is 19.3. The van der Waals surface area contributed by atoms with Crippen LogP contribution in [0.3, 0.4) is 0 Å². The van der Waals surface area contributed by atoms with Gasteiger partial charge in [-0.1, -0.05) is 18.2 Å². The zero-order valence-corrected chi connectivity index (χ0v) is 18.3. The number of hydrogen-bond acceptors (Lipinski definition) is 3. The minimum Gasteiger partial charge on any atom is -0.428 e. The lowest BCUT2D eigenvalue weighted by Crippen LogP contribution is -2.36. The molecular formula is C24H24ClN3O2. The van der Waals surface area contributed by atoms with Crippen molar-refractivity contribution in [1.29, 1.82) is 0 Å². The van der Waals surface area contributed by atoms with Crippen LogP contribution in [0.2, 0.25) is 5.35 Å². The highest BCUT2D eigenvalue weighted by Gasteiger charge is 2.22. The molecular weight excluding hydrogens is 398 g/mol. The Bertz CT molecular complexity index is 1210. The summed E-state index contributed by atoms with van der Waals surface area (Å²) in [5.74, 6) is -0.0458. The van der Waals surface area contributed by atoms with Crippen LogP contribution in [0.25, 0.3) is 16.8 Å². The van der Waals surface area contributed by atoms with Crippen LogP contribution in [0.5, 0.6) is 0 Å². The first kappa shape index (κ1) is 20.2. The van der Waals surface area contributed by atoms with Gasteiger partial charge in [0.2, 0.25) is 0 Å². The minimum atomic E-state index is -0.0458. The molecule has 0 N–H and O–H groups in total. The number of amides is 1. The number of hydrogen-bond donors (Lipinski definition) is 0. The third-order valence-corrected chi connectivity index (χ3v) is 5.55. The Morgan fingerprint density at radius 1 is 1.13 bits per heavy atom. The van der Waals surface area contributed by atoms with E-state index in [9.17, 15) is 4.79 Å². The molecule has 6 heteroatoms. The largest absolute Gasteiger partial charge is 0.428 e. The molecule has 2 aromatic heterocycles. The van der Waals surface area contributed by atoms with E-state index in [1.807, 2.05) is 36.9 Å². The number of halogens is 1. The van der Waals surface area contributed by atoms with Gasteiger partial charge in [-0.25, -0.2) is 0 Å². The summed E-state index contributed by atoms with van der Waals surface area (Å²) in [6, 6.07) is 17.7. The van der Waals surface area contributed by atoms with Crippen molar-refractivity contribution in [3.05, 3.63) is 82.5 Å². The van der Waals surface area contributed by atoms with Crippen LogP contribution >= 0.6 is 11.6 Å². The summed E-state index contributed by atoms with van der Waals surface area (Å²) >= 11 is 5.84. The number of aryl methyl sites for hydroxylation is 1. The smallest absolute Gasteiger partial charge is 0.293 e. The lowest BCUT2D eigenvalue weighted by molar-refractivity contribution is 0.0690. The van der Waals surface area contributed by atoms with E-state index >= 15 is 0 Å². The second kappa shape index (κ2) is 8.00. The molecule has 0 aliphatic heterocycles. The molecule has 0 saturated carbocycles. The number of carbonyl (C=O) groups is 1. The van der Waals surface area contributed by atoms with Crippen molar-refractivity contribution in [3.63, 3.8) is 0 Å². The van der Waals surface area contributed by atoms with Crippen LogP contribution in [0.15, 0.2) is 59.0 Å². The van der Waals surface area contributed by atoms with Gasteiger partial charge in [0.15, 0.2) is 5.58 Å². The summed E-state index contributed by atoms with van der Waals surface area (Å²) in [7, 11) is 0. The Balaban J connectivity index is 1.66. The molecule has 4 aromatic rings. The highest BCUT2D eigenvalue weighted by atomic mass is 35.5. The maximum atomic E-state index is 13.3. The number of nitrogens with zero attached hydrogens (tertiary/aromatic N) is 3. The molecule has 0 aliphatic carbocycles. The van der Waals surface area contributed by atoms with Crippen molar-refractivity contribution in [3.8, 4) is 5.69 Å². The zero-order chi connectivity index (χ0) is 21.4. The SMILES string of the molecule is Cc1cc(CN(C(=O)c2ccc3oc(Cl)nc3c2)C(C)C)c(C)n1-c1ccccc1. The van der Waals surface area contributed by atoms with Crippen molar-refractivity contribution in [2.45, 2.75) is 40.3 Å². The summed E-state index contributed by atoms with van der Waals surface area (Å²) in [5.41, 5.74) is 6.24. The Morgan fingerprint density at radius 2 is 1.87 bits per heavy atom. The molecule has 0 spiro atoms. The van der Waals surface area contributed by atoms with Crippen molar-refractivity contribution < 1.29 is 9.21 Å². The summed E-state index contributed by atoms with van der Waals surface area (Å²) in [6.45, 7) is 8.77. The summed E-state index contributed by atoms with van der Waals surface area (Å²) < 4.78 is 7.53. The molecule has 2 aromatic carbocycles. The van der Waals surface area contributed by atoms with E-state index in [-0.39, 0.29) is 17.3 Å². The number of fused-ring (bicyclic) bond motifs is 1. The van der Waals surface area contributed by atoms with Gasteiger partial charge in [-0.2, -0.15) is 4.98 Å². The maximum Gasteiger partial charge on any atom is 0.293 e. The van der Waals surface area contributed by atoms with Crippen molar-refractivity contribution in [1.82, 2.24) is 14.5 Å². The molecule has 30 heavy (non-hydrogen) atoms. The predicted octanol–water partition coefficient (Wildman–Crippen LogP) is 5.94. The predicted molar refractivity (Wildman–Crippen MR) is 119 cm³/mol. The van der Waals surface area contributed by atoms with Crippen LogP contribution < -0.4 is 0 Å². The number of oxazole rings is 1. The first-order chi connectivity index (χ1) is 14.3. The van der Waals surface area contributed by atoms with Gasteiger partial charge in [-0.15, -0.1) is 0 Å².